The fourth-order valence-corrected chi connectivity index (χ4v) is 4.23. The molecular formula is C20H32ClNO. The number of benzene rings is 1. The summed E-state index contributed by atoms with van der Waals surface area (Å²) in [6.45, 7) is 4.00. The summed E-state index contributed by atoms with van der Waals surface area (Å²) in [7, 11) is 1.77. The molecule has 0 radical (unpaired) electrons. The zero-order valence-corrected chi connectivity index (χ0v) is 15.4. The van der Waals surface area contributed by atoms with Crippen LogP contribution in [0, 0.1) is 0 Å². The van der Waals surface area contributed by atoms with Crippen molar-refractivity contribution in [3.05, 3.63) is 29.3 Å². The molecule has 3 heteroatoms. The zero-order chi connectivity index (χ0) is 15.2. The Labute approximate surface area is 148 Å². The molecule has 1 aromatic rings. The van der Waals surface area contributed by atoms with Gasteiger partial charge >= 0.3 is 0 Å². The van der Waals surface area contributed by atoms with Gasteiger partial charge < -0.3 is 9.64 Å². The molecule has 1 unspecified atom stereocenters. The molecule has 0 spiro atoms. The molecule has 1 aromatic carbocycles. The van der Waals surface area contributed by atoms with Crippen molar-refractivity contribution in [1.29, 1.82) is 0 Å². The molecule has 2 nitrogen and oxygen atoms in total. The normalized spacial score (nSPS) is 21.3. The van der Waals surface area contributed by atoms with E-state index in [9.17, 15) is 0 Å². The lowest BCUT2D eigenvalue weighted by Crippen LogP contribution is -2.30. The van der Waals surface area contributed by atoms with Gasteiger partial charge in [0.05, 0.1) is 7.11 Å². The van der Waals surface area contributed by atoms with E-state index in [-0.39, 0.29) is 12.4 Å². The van der Waals surface area contributed by atoms with Crippen LogP contribution >= 0.6 is 12.4 Å². The summed E-state index contributed by atoms with van der Waals surface area (Å²) in [4.78, 5) is 2.67. The highest BCUT2D eigenvalue weighted by molar-refractivity contribution is 5.85. The molecule has 0 amide bonds. The molecule has 23 heavy (non-hydrogen) atoms. The number of likely N-dealkylation sites (tertiary alicyclic amines) is 1. The second kappa shape index (κ2) is 9.54. The summed E-state index contributed by atoms with van der Waals surface area (Å²) in [6.07, 6.45) is 12.4. The number of hydrogen-bond acceptors (Lipinski definition) is 2. The molecule has 0 saturated carbocycles. The second-order valence-electron chi connectivity index (χ2n) is 7.05. The van der Waals surface area contributed by atoms with Crippen molar-refractivity contribution in [3.8, 4) is 5.75 Å². The van der Waals surface area contributed by atoms with Crippen LogP contribution < -0.4 is 4.74 Å². The van der Waals surface area contributed by atoms with Crippen LogP contribution in [0.15, 0.2) is 18.2 Å². The van der Waals surface area contributed by atoms with E-state index in [1.54, 1.807) is 12.7 Å². The molecular weight excluding hydrogens is 306 g/mol. The number of rotatable bonds is 6. The van der Waals surface area contributed by atoms with Gasteiger partial charge in [0, 0.05) is 0 Å². The highest BCUT2D eigenvalue weighted by atomic mass is 35.5. The van der Waals surface area contributed by atoms with Gasteiger partial charge in [-0.05, 0) is 93.8 Å². The number of ether oxygens (including phenoxy) is 1. The molecule has 3 rings (SSSR count). The maximum Gasteiger partial charge on any atom is 0.119 e. The van der Waals surface area contributed by atoms with E-state index < -0.39 is 0 Å². The number of unbranched alkanes of at least 4 members (excludes halogenated alkanes) is 1. The van der Waals surface area contributed by atoms with E-state index in [1.165, 1.54) is 83.0 Å². The Morgan fingerprint density at radius 2 is 1.91 bits per heavy atom. The van der Waals surface area contributed by atoms with Crippen molar-refractivity contribution in [2.75, 3.05) is 26.7 Å². The summed E-state index contributed by atoms with van der Waals surface area (Å²) in [5.74, 6) is 1.81. The molecule has 1 heterocycles. The molecule has 1 fully saturated rings. The molecule has 0 N–H and O–H groups in total. The molecule has 1 aliphatic carbocycles. The molecule has 1 atom stereocenters. The van der Waals surface area contributed by atoms with E-state index in [4.69, 9.17) is 4.74 Å². The number of halogens is 1. The van der Waals surface area contributed by atoms with E-state index in [0.717, 1.165) is 11.7 Å². The number of hydrogen-bond donors (Lipinski definition) is 0. The van der Waals surface area contributed by atoms with Crippen LogP contribution in [0.4, 0.5) is 0 Å². The Balaban J connectivity index is 0.00000192. The van der Waals surface area contributed by atoms with Crippen LogP contribution in [0.5, 0.6) is 5.75 Å². The van der Waals surface area contributed by atoms with Gasteiger partial charge in [-0.2, -0.15) is 0 Å². The number of methoxy groups -OCH3 is 1. The number of nitrogens with zero attached hydrogens (tertiary/aromatic N) is 1. The van der Waals surface area contributed by atoms with Gasteiger partial charge in [-0.15, -0.1) is 12.4 Å². The number of fused-ring (bicyclic) bond motifs is 1. The standard InChI is InChI=1S/C20H31NO.ClH/c1-22-19-11-12-20-17(9-7-10-18(20)16-19)8-3-6-15-21-13-4-2-5-14-21;/h11-12,16-17H,2-10,13-15H2,1H3;1H. The first-order valence-corrected chi connectivity index (χ1v) is 9.26. The van der Waals surface area contributed by atoms with E-state index in [2.05, 4.69) is 23.1 Å². The van der Waals surface area contributed by atoms with Crippen molar-refractivity contribution in [2.24, 2.45) is 0 Å². The lowest BCUT2D eigenvalue weighted by molar-refractivity contribution is 0.223. The minimum atomic E-state index is 0. The van der Waals surface area contributed by atoms with Crippen LogP contribution in [0.1, 0.15) is 68.4 Å². The third-order valence-corrected chi connectivity index (χ3v) is 5.51. The fourth-order valence-electron chi connectivity index (χ4n) is 4.23. The highest BCUT2D eigenvalue weighted by Gasteiger charge is 2.20. The summed E-state index contributed by atoms with van der Waals surface area (Å²) in [5, 5.41) is 0. The Morgan fingerprint density at radius 1 is 1.09 bits per heavy atom. The SMILES string of the molecule is COc1ccc2c(c1)CCCC2CCCCN1CCCCC1.Cl. The van der Waals surface area contributed by atoms with Gasteiger partial charge in [-0.3, -0.25) is 0 Å². The minimum absolute atomic E-state index is 0. The van der Waals surface area contributed by atoms with Gasteiger partial charge in [0.1, 0.15) is 5.75 Å². The highest BCUT2D eigenvalue weighted by Crippen LogP contribution is 2.36. The number of piperidine rings is 1. The fraction of sp³-hybridized carbons (Fsp3) is 0.700. The monoisotopic (exact) mass is 337 g/mol. The minimum Gasteiger partial charge on any atom is -0.497 e. The quantitative estimate of drug-likeness (QED) is 0.662. The van der Waals surface area contributed by atoms with Crippen LogP contribution in [0.3, 0.4) is 0 Å². The predicted octanol–water partition coefficient (Wildman–Crippen LogP) is 5.19. The topological polar surface area (TPSA) is 12.5 Å². The summed E-state index contributed by atoms with van der Waals surface area (Å²) in [5.41, 5.74) is 3.14. The van der Waals surface area contributed by atoms with Gasteiger partial charge in [0.2, 0.25) is 0 Å². The average Bonchev–Trinajstić information content (AvgIpc) is 2.59. The van der Waals surface area contributed by atoms with Crippen molar-refractivity contribution >= 4 is 12.4 Å². The summed E-state index contributed by atoms with van der Waals surface area (Å²) in [6, 6.07) is 6.72. The van der Waals surface area contributed by atoms with Gasteiger partial charge in [-0.25, -0.2) is 0 Å². The maximum atomic E-state index is 5.38. The van der Waals surface area contributed by atoms with Crippen molar-refractivity contribution < 1.29 is 4.74 Å². The molecule has 1 aliphatic heterocycles. The molecule has 1 saturated heterocycles. The lowest BCUT2D eigenvalue weighted by atomic mass is 9.80. The van der Waals surface area contributed by atoms with E-state index >= 15 is 0 Å². The Bertz CT molecular complexity index is 471. The first-order chi connectivity index (χ1) is 10.9. The van der Waals surface area contributed by atoms with E-state index in [1.807, 2.05) is 0 Å². The van der Waals surface area contributed by atoms with Crippen LogP contribution in [-0.4, -0.2) is 31.6 Å². The Hall–Kier alpha value is -0.730. The zero-order valence-electron chi connectivity index (χ0n) is 14.6. The third-order valence-electron chi connectivity index (χ3n) is 5.51. The average molecular weight is 338 g/mol. The Morgan fingerprint density at radius 3 is 2.70 bits per heavy atom. The van der Waals surface area contributed by atoms with Gasteiger partial charge in [0.25, 0.3) is 0 Å². The van der Waals surface area contributed by atoms with E-state index in [0.29, 0.717) is 0 Å². The smallest absolute Gasteiger partial charge is 0.119 e. The first-order valence-electron chi connectivity index (χ1n) is 9.26. The van der Waals surface area contributed by atoms with Crippen LogP contribution in [-0.2, 0) is 6.42 Å². The van der Waals surface area contributed by atoms with Crippen molar-refractivity contribution in [3.63, 3.8) is 0 Å². The maximum absolute atomic E-state index is 5.38. The van der Waals surface area contributed by atoms with Crippen molar-refractivity contribution in [2.45, 2.75) is 63.7 Å². The summed E-state index contributed by atoms with van der Waals surface area (Å²) >= 11 is 0. The molecule has 130 valence electrons. The van der Waals surface area contributed by atoms with Crippen LogP contribution in [0.25, 0.3) is 0 Å². The predicted molar refractivity (Wildman–Crippen MR) is 100 cm³/mol. The van der Waals surface area contributed by atoms with Gasteiger partial charge in [0.15, 0.2) is 0 Å². The third kappa shape index (κ3) is 5.12. The molecule has 0 bridgehead atoms. The summed E-state index contributed by atoms with van der Waals surface area (Å²) < 4.78 is 5.38. The molecule has 2 aliphatic rings. The van der Waals surface area contributed by atoms with Gasteiger partial charge in [-0.1, -0.05) is 18.9 Å². The first kappa shape index (κ1) is 18.6. The lowest BCUT2D eigenvalue weighted by Gasteiger charge is -2.28. The largest absolute Gasteiger partial charge is 0.497 e. The van der Waals surface area contributed by atoms with Crippen molar-refractivity contribution in [1.82, 2.24) is 4.90 Å². The Kier molecular flexibility index (Phi) is 7.72. The number of aryl methyl sites for hydroxylation is 1. The second-order valence-corrected chi connectivity index (χ2v) is 7.05. The van der Waals surface area contributed by atoms with Crippen LogP contribution in [0.2, 0.25) is 0 Å². The molecule has 0 aromatic heterocycles.